The molecule has 0 fully saturated rings. The molecule has 98 valence electrons. The second-order valence-electron chi connectivity index (χ2n) is 4.64. The molecule has 0 aliphatic carbocycles. The first kappa shape index (κ1) is 14.5. The van der Waals surface area contributed by atoms with Crippen LogP contribution in [0.5, 0.6) is 0 Å². The van der Waals surface area contributed by atoms with Crippen LogP contribution in [0.4, 0.5) is 0 Å². The number of ether oxygens (including phenoxy) is 1. The lowest BCUT2D eigenvalue weighted by atomic mass is 10.1. The second-order valence-corrected chi connectivity index (χ2v) is 4.64. The number of rotatable bonds is 7. The van der Waals surface area contributed by atoms with E-state index in [4.69, 9.17) is 4.74 Å². The van der Waals surface area contributed by atoms with Gasteiger partial charge in [-0.25, -0.2) is 4.79 Å². The number of unbranched alkanes of at least 4 members (excludes halogenated alkanes) is 1. The molecule has 18 heavy (non-hydrogen) atoms. The lowest BCUT2D eigenvalue weighted by molar-refractivity contribution is 0.0442. The molecule has 1 unspecified atom stereocenters. The van der Waals surface area contributed by atoms with Crippen molar-refractivity contribution in [3.8, 4) is 0 Å². The summed E-state index contributed by atoms with van der Waals surface area (Å²) in [5.41, 5.74) is 1.42. The quantitative estimate of drug-likeness (QED) is 0.670. The highest BCUT2D eigenvalue weighted by atomic mass is 16.5. The zero-order chi connectivity index (χ0) is 13.4. The highest BCUT2D eigenvalue weighted by Crippen LogP contribution is 2.13. The minimum atomic E-state index is -0.256. The molecule has 0 aliphatic rings. The predicted molar refractivity (Wildman–Crippen MR) is 75.5 cm³/mol. The van der Waals surface area contributed by atoms with Gasteiger partial charge in [-0.3, -0.25) is 0 Å². The van der Waals surface area contributed by atoms with Crippen molar-refractivity contribution in [2.24, 2.45) is 5.92 Å². The van der Waals surface area contributed by atoms with Gasteiger partial charge in [0.2, 0.25) is 0 Å². The van der Waals surface area contributed by atoms with E-state index in [0.717, 1.165) is 12.0 Å². The Morgan fingerprint density at radius 1 is 1.44 bits per heavy atom. The van der Waals surface area contributed by atoms with Crippen molar-refractivity contribution in [2.75, 3.05) is 6.61 Å². The van der Waals surface area contributed by atoms with Crippen molar-refractivity contribution in [3.05, 3.63) is 42.0 Å². The fourth-order valence-corrected chi connectivity index (χ4v) is 1.79. The van der Waals surface area contributed by atoms with Gasteiger partial charge in [0, 0.05) is 0 Å². The Hall–Kier alpha value is -1.57. The van der Waals surface area contributed by atoms with Crippen molar-refractivity contribution in [1.29, 1.82) is 0 Å². The molecule has 1 aromatic carbocycles. The third-order valence-electron chi connectivity index (χ3n) is 2.95. The van der Waals surface area contributed by atoms with Gasteiger partial charge in [-0.05, 0) is 24.0 Å². The number of esters is 1. The van der Waals surface area contributed by atoms with Crippen LogP contribution in [0, 0.1) is 5.92 Å². The van der Waals surface area contributed by atoms with E-state index < -0.39 is 0 Å². The Morgan fingerprint density at radius 3 is 2.83 bits per heavy atom. The molecule has 1 atom stereocenters. The molecular formula is C16H22O2. The van der Waals surface area contributed by atoms with Crippen LogP contribution in [-0.4, -0.2) is 12.6 Å². The molecule has 0 radical (unpaired) electrons. The van der Waals surface area contributed by atoms with E-state index in [-0.39, 0.29) is 5.97 Å². The molecule has 0 saturated heterocycles. The van der Waals surface area contributed by atoms with Crippen molar-refractivity contribution >= 4 is 12.0 Å². The third-order valence-corrected chi connectivity index (χ3v) is 2.95. The largest absolute Gasteiger partial charge is 0.462 e. The Morgan fingerprint density at radius 2 is 2.17 bits per heavy atom. The van der Waals surface area contributed by atoms with E-state index in [9.17, 15) is 4.79 Å². The minimum absolute atomic E-state index is 0.256. The number of hydrogen-bond acceptors (Lipinski definition) is 2. The van der Waals surface area contributed by atoms with Gasteiger partial charge in [-0.1, -0.05) is 57.5 Å². The molecule has 0 N–H and O–H groups in total. The zero-order valence-corrected chi connectivity index (χ0v) is 11.3. The molecule has 0 spiro atoms. The smallest absolute Gasteiger partial charge is 0.338 e. The Balaban J connectivity index is 2.52. The molecule has 2 heteroatoms. The van der Waals surface area contributed by atoms with Crippen LogP contribution >= 0.6 is 0 Å². The summed E-state index contributed by atoms with van der Waals surface area (Å²) in [6.07, 6.45) is 5.14. The van der Waals surface area contributed by atoms with Gasteiger partial charge in [0.05, 0.1) is 12.2 Å². The number of carbonyl (C=O) groups is 1. The molecule has 0 amide bonds. The van der Waals surface area contributed by atoms with E-state index in [1.54, 1.807) is 12.1 Å². The van der Waals surface area contributed by atoms with Crippen LogP contribution in [0.2, 0.25) is 0 Å². The van der Waals surface area contributed by atoms with E-state index in [0.29, 0.717) is 18.1 Å². The van der Waals surface area contributed by atoms with Crippen molar-refractivity contribution < 1.29 is 9.53 Å². The van der Waals surface area contributed by atoms with E-state index in [1.807, 2.05) is 18.2 Å². The van der Waals surface area contributed by atoms with Crippen LogP contribution in [0.15, 0.2) is 30.8 Å². The number of hydrogen-bond donors (Lipinski definition) is 0. The standard InChI is InChI=1S/C16H22O2/c1-4-6-9-13(3)12-18-16(17)15-11-8-7-10-14(15)5-2/h5,7-8,10-11,13H,2,4,6,9,12H2,1,3H3. The van der Waals surface area contributed by atoms with Gasteiger partial charge in [-0.15, -0.1) is 0 Å². The first-order chi connectivity index (χ1) is 8.69. The van der Waals surface area contributed by atoms with Crippen molar-refractivity contribution in [1.82, 2.24) is 0 Å². The van der Waals surface area contributed by atoms with Crippen LogP contribution in [0.1, 0.15) is 49.0 Å². The molecule has 2 nitrogen and oxygen atoms in total. The monoisotopic (exact) mass is 246 g/mol. The lowest BCUT2D eigenvalue weighted by Crippen LogP contribution is -2.13. The molecule has 0 aromatic heterocycles. The number of benzene rings is 1. The molecule has 0 heterocycles. The number of carbonyl (C=O) groups excluding carboxylic acids is 1. The first-order valence-electron chi connectivity index (χ1n) is 6.57. The summed E-state index contributed by atoms with van der Waals surface area (Å²) in [6, 6.07) is 7.36. The Bertz CT molecular complexity index is 396. The fraction of sp³-hybridized carbons (Fsp3) is 0.438. The average molecular weight is 246 g/mol. The van der Waals surface area contributed by atoms with Gasteiger partial charge >= 0.3 is 5.97 Å². The van der Waals surface area contributed by atoms with Gasteiger partial charge in [0.25, 0.3) is 0 Å². The molecule has 0 saturated carbocycles. The highest BCUT2D eigenvalue weighted by Gasteiger charge is 2.12. The van der Waals surface area contributed by atoms with Gasteiger partial charge in [-0.2, -0.15) is 0 Å². The van der Waals surface area contributed by atoms with Crippen LogP contribution in [0.25, 0.3) is 6.08 Å². The SMILES string of the molecule is C=Cc1ccccc1C(=O)OCC(C)CCCC. The van der Waals surface area contributed by atoms with E-state index in [2.05, 4.69) is 20.4 Å². The molecule has 1 rings (SSSR count). The zero-order valence-electron chi connectivity index (χ0n) is 11.3. The molecule has 0 aliphatic heterocycles. The normalized spacial score (nSPS) is 11.9. The van der Waals surface area contributed by atoms with Crippen molar-refractivity contribution in [2.45, 2.75) is 33.1 Å². The van der Waals surface area contributed by atoms with Crippen LogP contribution < -0.4 is 0 Å². The Kier molecular flexibility index (Phi) is 6.20. The minimum Gasteiger partial charge on any atom is -0.462 e. The first-order valence-corrected chi connectivity index (χ1v) is 6.57. The molecule has 1 aromatic rings. The topological polar surface area (TPSA) is 26.3 Å². The molecular weight excluding hydrogens is 224 g/mol. The third kappa shape index (κ3) is 4.36. The summed E-state index contributed by atoms with van der Waals surface area (Å²) in [5.74, 6) is 0.165. The second kappa shape index (κ2) is 7.70. The maximum atomic E-state index is 11.9. The summed E-state index contributed by atoms with van der Waals surface area (Å²) in [4.78, 5) is 11.9. The summed E-state index contributed by atoms with van der Waals surface area (Å²) >= 11 is 0. The maximum Gasteiger partial charge on any atom is 0.338 e. The Labute approximate surface area is 110 Å². The maximum absolute atomic E-state index is 11.9. The molecule has 0 bridgehead atoms. The van der Waals surface area contributed by atoms with Crippen molar-refractivity contribution in [3.63, 3.8) is 0 Å². The van der Waals surface area contributed by atoms with E-state index in [1.165, 1.54) is 12.8 Å². The lowest BCUT2D eigenvalue weighted by Gasteiger charge is -2.12. The summed E-state index contributed by atoms with van der Waals surface area (Å²) in [6.45, 7) is 8.47. The fourth-order valence-electron chi connectivity index (χ4n) is 1.79. The van der Waals surface area contributed by atoms with Gasteiger partial charge in [0.1, 0.15) is 0 Å². The summed E-state index contributed by atoms with van der Waals surface area (Å²) in [7, 11) is 0. The van der Waals surface area contributed by atoms with Crippen LogP contribution in [-0.2, 0) is 4.74 Å². The van der Waals surface area contributed by atoms with Gasteiger partial charge < -0.3 is 4.74 Å². The average Bonchev–Trinajstić information content (AvgIpc) is 2.42. The van der Waals surface area contributed by atoms with Crippen LogP contribution in [0.3, 0.4) is 0 Å². The van der Waals surface area contributed by atoms with Gasteiger partial charge in [0.15, 0.2) is 0 Å². The predicted octanol–water partition coefficient (Wildman–Crippen LogP) is 4.31. The summed E-state index contributed by atoms with van der Waals surface area (Å²) < 4.78 is 5.34. The van der Waals surface area contributed by atoms with E-state index >= 15 is 0 Å². The summed E-state index contributed by atoms with van der Waals surface area (Å²) in [5, 5.41) is 0. The highest BCUT2D eigenvalue weighted by molar-refractivity contribution is 5.93.